The van der Waals surface area contributed by atoms with Gasteiger partial charge in [0.2, 0.25) is 5.91 Å². The van der Waals surface area contributed by atoms with Crippen molar-refractivity contribution in [3.05, 3.63) is 28.0 Å². The third kappa shape index (κ3) is 2.74. The lowest BCUT2D eigenvalue weighted by atomic mass is 10.2. The predicted octanol–water partition coefficient (Wildman–Crippen LogP) is 1.07. The summed E-state index contributed by atoms with van der Waals surface area (Å²) >= 11 is 0. The quantitative estimate of drug-likeness (QED) is 0.660. The lowest BCUT2D eigenvalue weighted by Gasteiger charge is -2.22. The van der Waals surface area contributed by atoms with Crippen LogP contribution in [0.2, 0.25) is 0 Å². The largest absolute Gasteiger partial charge is 0.433 e. The standard InChI is InChI=1S/C13H15N3O5/c17-12(14-8-3-4-8)9-2-1-7-15(9)13(18)10-5-6-11(21-10)16(19)20/h5-6,8-9H,1-4,7H2,(H,14,17). The summed E-state index contributed by atoms with van der Waals surface area (Å²) in [5.74, 6) is -1.20. The molecule has 1 aliphatic heterocycles. The van der Waals surface area contributed by atoms with Crippen molar-refractivity contribution in [3.63, 3.8) is 0 Å². The van der Waals surface area contributed by atoms with Crippen LogP contribution in [0.5, 0.6) is 0 Å². The van der Waals surface area contributed by atoms with Crippen molar-refractivity contribution in [1.82, 2.24) is 10.2 Å². The third-order valence-electron chi connectivity index (χ3n) is 3.72. The van der Waals surface area contributed by atoms with Gasteiger partial charge in [-0.15, -0.1) is 0 Å². The van der Waals surface area contributed by atoms with Crippen LogP contribution in [0.3, 0.4) is 0 Å². The van der Waals surface area contributed by atoms with Gasteiger partial charge in [-0.2, -0.15) is 0 Å². The molecule has 2 heterocycles. The van der Waals surface area contributed by atoms with Crippen molar-refractivity contribution in [2.75, 3.05) is 6.54 Å². The van der Waals surface area contributed by atoms with Crippen molar-refractivity contribution in [2.24, 2.45) is 0 Å². The van der Waals surface area contributed by atoms with Gasteiger partial charge in [0.1, 0.15) is 11.0 Å². The lowest BCUT2D eigenvalue weighted by molar-refractivity contribution is -0.402. The van der Waals surface area contributed by atoms with Gasteiger partial charge in [-0.1, -0.05) is 0 Å². The number of nitrogens with zero attached hydrogens (tertiary/aromatic N) is 2. The summed E-state index contributed by atoms with van der Waals surface area (Å²) in [5, 5.41) is 13.5. The van der Waals surface area contributed by atoms with Crippen molar-refractivity contribution in [2.45, 2.75) is 37.8 Å². The summed E-state index contributed by atoms with van der Waals surface area (Å²) in [6.45, 7) is 0.454. The normalized spacial score (nSPS) is 21.3. The Labute approximate surface area is 120 Å². The minimum absolute atomic E-state index is 0.104. The number of nitrogens with one attached hydrogen (secondary N) is 1. The van der Waals surface area contributed by atoms with Crippen molar-refractivity contribution in [3.8, 4) is 0 Å². The average molecular weight is 293 g/mol. The first-order chi connectivity index (χ1) is 10.1. The summed E-state index contributed by atoms with van der Waals surface area (Å²) in [6.07, 6.45) is 3.30. The van der Waals surface area contributed by atoms with E-state index in [9.17, 15) is 19.7 Å². The highest BCUT2D eigenvalue weighted by Gasteiger charge is 2.38. The molecule has 1 unspecified atom stereocenters. The summed E-state index contributed by atoms with van der Waals surface area (Å²) in [4.78, 5) is 35.8. The Bertz CT molecular complexity index is 592. The van der Waals surface area contributed by atoms with Crippen molar-refractivity contribution < 1.29 is 18.9 Å². The molecule has 1 saturated heterocycles. The second-order valence-electron chi connectivity index (χ2n) is 5.33. The maximum absolute atomic E-state index is 12.3. The topological polar surface area (TPSA) is 106 Å². The smallest absolute Gasteiger partial charge is 0.395 e. The molecule has 0 radical (unpaired) electrons. The second kappa shape index (κ2) is 5.19. The molecule has 1 aliphatic carbocycles. The number of nitro groups is 1. The fraction of sp³-hybridized carbons (Fsp3) is 0.538. The van der Waals surface area contributed by atoms with E-state index in [2.05, 4.69) is 5.32 Å². The summed E-state index contributed by atoms with van der Waals surface area (Å²) < 4.78 is 4.92. The molecule has 1 aromatic heterocycles. The van der Waals surface area contributed by atoms with Gasteiger partial charge in [-0.05, 0) is 31.7 Å². The van der Waals surface area contributed by atoms with E-state index in [1.807, 2.05) is 0 Å². The van der Waals surface area contributed by atoms with Gasteiger partial charge < -0.3 is 14.6 Å². The number of rotatable bonds is 4. The molecule has 2 aliphatic rings. The van der Waals surface area contributed by atoms with Crippen LogP contribution in [-0.4, -0.2) is 40.3 Å². The molecule has 2 amide bonds. The molecule has 1 N–H and O–H groups in total. The monoisotopic (exact) mass is 293 g/mol. The zero-order valence-electron chi connectivity index (χ0n) is 11.3. The minimum atomic E-state index is -0.696. The number of amides is 2. The molecule has 112 valence electrons. The van der Waals surface area contributed by atoms with E-state index in [4.69, 9.17) is 4.42 Å². The molecule has 0 aromatic carbocycles. The number of hydrogen-bond donors (Lipinski definition) is 1. The molecule has 8 heteroatoms. The van der Waals surface area contributed by atoms with Gasteiger partial charge in [0.05, 0.1) is 6.07 Å². The maximum atomic E-state index is 12.3. The van der Waals surface area contributed by atoms with Gasteiger partial charge >= 0.3 is 5.88 Å². The van der Waals surface area contributed by atoms with E-state index in [1.54, 1.807) is 0 Å². The van der Waals surface area contributed by atoms with Crippen LogP contribution >= 0.6 is 0 Å². The molecule has 1 saturated carbocycles. The number of carbonyl (C=O) groups is 2. The van der Waals surface area contributed by atoms with Crippen LogP contribution in [0.4, 0.5) is 5.88 Å². The Hall–Kier alpha value is -2.38. The predicted molar refractivity (Wildman–Crippen MR) is 70.6 cm³/mol. The van der Waals surface area contributed by atoms with Crippen LogP contribution in [-0.2, 0) is 4.79 Å². The summed E-state index contributed by atoms with van der Waals surface area (Å²) in [7, 11) is 0. The first-order valence-electron chi connectivity index (χ1n) is 6.92. The molecule has 8 nitrogen and oxygen atoms in total. The molecule has 0 spiro atoms. The molecule has 3 rings (SSSR count). The van der Waals surface area contributed by atoms with Gasteiger partial charge in [0.15, 0.2) is 5.76 Å². The first-order valence-corrected chi connectivity index (χ1v) is 6.92. The number of carbonyl (C=O) groups excluding carboxylic acids is 2. The summed E-state index contributed by atoms with van der Waals surface area (Å²) in [5.41, 5.74) is 0. The number of likely N-dealkylation sites (tertiary alicyclic amines) is 1. The zero-order chi connectivity index (χ0) is 15.0. The minimum Gasteiger partial charge on any atom is -0.395 e. The number of hydrogen-bond acceptors (Lipinski definition) is 5. The van der Waals surface area contributed by atoms with Gasteiger partial charge in [-0.25, -0.2) is 0 Å². The van der Waals surface area contributed by atoms with E-state index >= 15 is 0 Å². The average Bonchev–Trinajstić information content (AvgIpc) is 2.99. The van der Waals surface area contributed by atoms with E-state index in [1.165, 1.54) is 11.0 Å². The van der Waals surface area contributed by atoms with Crippen LogP contribution in [0.1, 0.15) is 36.2 Å². The molecule has 21 heavy (non-hydrogen) atoms. The van der Waals surface area contributed by atoms with Crippen LogP contribution in [0.25, 0.3) is 0 Å². The highest BCUT2D eigenvalue weighted by molar-refractivity contribution is 5.96. The van der Waals surface area contributed by atoms with Crippen LogP contribution < -0.4 is 5.32 Å². The van der Waals surface area contributed by atoms with Crippen LogP contribution in [0.15, 0.2) is 16.5 Å². The van der Waals surface area contributed by atoms with Crippen molar-refractivity contribution in [1.29, 1.82) is 0 Å². The molecular formula is C13H15N3O5. The number of furan rings is 1. The fourth-order valence-corrected chi connectivity index (χ4v) is 2.49. The van der Waals surface area contributed by atoms with E-state index in [-0.39, 0.29) is 17.7 Å². The van der Waals surface area contributed by atoms with E-state index < -0.39 is 22.8 Å². The van der Waals surface area contributed by atoms with Crippen LogP contribution in [0, 0.1) is 10.1 Å². The fourth-order valence-electron chi connectivity index (χ4n) is 2.49. The molecule has 1 aromatic rings. The molecule has 0 bridgehead atoms. The molecular weight excluding hydrogens is 278 g/mol. The highest BCUT2D eigenvalue weighted by Crippen LogP contribution is 2.25. The second-order valence-corrected chi connectivity index (χ2v) is 5.33. The lowest BCUT2D eigenvalue weighted by Crippen LogP contribution is -2.46. The Morgan fingerprint density at radius 2 is 2.10 bits per heavy atom. The first kappa shape index (κ1) is 13.6. The van der Waals surface area contributed by atoms with Gasteiger partial charge in [0, 0.05) is 12.6 Å². The zero-order valence-corrected chi connectivity index (χ0v) is 11.3. The van der Waals surface area contributed by atoms with E-state index in [0.717, 1.165) is 25.3 Å². The molecule has 2 fully saturated rings. The SMILES string of the molecule is O=C(NC1CC1)C1CCCN1C(=O)c1ccc([N+](=O)[O-])o1. The Morgan fingerprint density at radius 1 is 1.33 bits per heavy atom. The Kier molecular flexibility index (Phi) is 3.36. The maximum Gasteiger partial charge on any atom is 0.433 e. The van der Waals surface area contributed by atoms with Gasteiger partial charge in [-0.3, -0.25) is 19.7 Å². The molecule has 1 atom stereocenters. The Morgan fingerprint density at radius 3 is 2.71 bits per heavy atom. The summed E-state index contributed by atoms with van der Waals surface area (Å²) in [6, 6.07) is 2.14. The van der Waals surface area contributed by atoms with Crippen molar-refractivity contribution >= 4 is 17.7 Å². The Balaban J connectivity index is 1.72. The van der Waals surface area contributed by atoms with E-state index in [0.29, 0.717) is 13.0 Å². The van der Waals surface area contributed by atoms with Gasteiger partial charge in [0.25, 0.3) is 5.91 Å². The third-order valence-corrected chi connectivity index (χ3v) is 3.72. The highest BCUT2D eigenvalue weighted by atomic mass is 16.6.